The zero-order chi connectivity index (χ0) is 11.0. The van der Waals surface area contributed by atoms with Crippen molar-refractivity contribution in [2.45, 2.75) is 26.3 Å². The molecule has 96 valence electrons. The van der Waals surface area contributed by atoms with Gasteiger partial charge in [-0.15, -0.1) is 12.4 Å². The quantitative estimate of drug-likeness (QED) is 0.874. The molecular formula is C12H20ClN3O. The van der Waals surface area contributed by atoms with Crippen molar-refractivity contribution in [3.8, 4) is 0 Å². The lowest BCUT2D eigenvalue weighted by Crippen LogP contribution is -2.28. The molecule has 1 N–H and O–H groups in total. The topological polar surface area (TPSA) is 41.3 Å². The first-order valence-electron chi connectivity index (χ1n) is 6.11. The van der Waals surface area contributed by atoms with Crippen molar-refractivity contribution in [3.63, 3.8) is 0 Å². The smallest absolute Gasteiger partial charge is 0.150 e. The van der Waals surface area contributed by atoms with Crippen molar-refractivity contribution in [2.75, 3.05) is 26.2 Å². The number of likely N-dealkylation sites (tertiary alicyclic amines) is 1. The zero-order valence-corrected chi connectivity index (χ0v) is 11.1. The Hall–Kier alpha value is -0.580. The molecule has 0 bridgehead atoms. The van der Waals surface area contributed by atoms with Crippen LogP contribution in [0.3, 0.4) is 0 Å². The molecule has 0 aromatic carbocycles. The fraction of sp³-hybridized carbons (Fsp3) is 0.750. The maximum atomic E-state index is 5.27. The van der Waals surface area contributed by atoms with Crippen LogP contribution >= 0.6 is 12.4 Å². The molecule has 2 aliphatic rings. The molecule has 0 radical (unpaired) electrons. The van der Waals surface area contributed by atoms with Crippen LogP contribution in [0.2, 0.25) is 0 Å². The van der Waals surface area contributed by atoms with Gasteiger partial charge >= 0.3 is 0 Å². The standard InChI is InChI=1S/C12H19N3O.ClH/c1-10-6-11(16-14-10)7-15-5-3-12(9-15)2-4-13-8-12;/h6,13H,2-5,7-9H2,1H3;1H. The molecule has 3 rings (SSSR count). The second-order valence-corrected chi connectivity index (χ2v) is 5.32. The normalized spacial score (nSPS) is 28.8. The summed E-state index contributed by atoms with van der Waals surface area (Å²) < 4.78 is 5.27. The maximum absolute atomic E-state index is 5.27. The third-order valence-corrected chi connectivity index (χ3v) is 3.91. The molecular weight excluding hydrogens is 238 g/mol. The first kappa shape index (κ1) is 12.9. The summed E-state index contributed by atoms with van der Waals surface area (Å²) in [5.74, 6) is 1.00. The Morgan fingerprint density at radius 2 is 2.41 bits per heavy atom. The van der Waals surface area contributed by atoms with Gasteiger partial charge in [-0.05, 0) is 38.3 Å². The number of aryl methyl sites for hydroxylation is 1. The Bertz CT molecular complexity index is 374. The number of rotatable bonds is 2. The predicted molar refractivity (Wildman–Crippen MR) is 68.3 cm³/mol. The summed E-state index contributed by atoms with van der Waals surface area (Å²) in [7, 11) is 0. The van der Waals surface area contributed by atoms with E-state index in [-0.39, 0.29) is 12.4 Å². The van der Waals surface area contributed by atoms with E-state index in [2.05, 4.69) is 15.4 Å². The number of aromatic nitrogens is 1. The molecule has 17 heavy (non-hydrogen) atoms. The van der Waals surface area contributed by atoms with Crippen LogP contribution in [0.25, 0.3) is 0 Å². The van der Waals surface area contributed by atoms with Gasteiger partial charge in [-0.25, -0.2) is 0 Å². The third kappa shape index (κ3) is 2.64. The minimum Gasteiger partial charge on any atom is -0.360 e. The Kier molecular flexibility index (Phi) is 3.76. The van der Waals surface area contributed by atoms with Gasteiger partial charge in [-0.1, -0.05) is 5.16 Å². The predicted octanol–water partition coefficient (Wildman–Crippen LogP) is 1.59. The minimum absolute atomic E-state index is 0. The van der Waals surface area contributed by atoms with Crippen LogP contribution in [0.4, 0.5) is 0 Å². The van der Waals surface area contributed by atoms with Gasteiger partial charge < -0.3 is 9.84 Å². The molecule has 0 saturated carbocycles. The summed E-state index contributed by atoms with van der Waals surface area (Å²) in [5, 5.41) is 7.41. The molecule has 2 saturated heterocycles. The lowest BCUT2D eigenvalue weighted by Gasteiger charge is -2.22. The number of hydrogen-bond donors (Lipinski definition) is 1. The third-order valence-electron chi connectivity index (χ3n) is 3.91. The maximum Gasteiger partial charge on any atom is 0.150 e. The summed E-state index contributed by atoms with van der Waals surface area (Å²) in [6.45, 7) is 7.68. The van der Waals surface area contributed by atoms with E-state index in [0.29, 0.717) is 5.41 Å². The van der Waals surface area contributed by atoms with E-state index in [1.807, 2.05) is 13.0 Å². The van der Waals surface area contributed by atoms with Crippen LogP contribution < -0.4 is 5.32 Å². The Balaban J connectivity index is 0.00000108. The first-order valence-corrected chi connectivity index (χ1v) is 6.11. The number of hydrogen-bond acceptors (Lipinski definition) is 4. The van der Waals surface area contributed by atoms with Crippen LogP contribution in [0.15, 0.2) is 10.6 Å². The molecule has 1 atom stereocenters. The minimum atomic E-state index is 0. The van der Waals surface area contributed by atoms with E-state index < -0.39 is 0 Å². The monoisotopic (exact) mass is 257 g/mol. The lowest BCUT2D eigenvalue weighted by molar-refractivity contribution is 0.239. The van der Waals surface area contributed by atoms with Gasteiger partial charge in [0, 0.05) is 19.2 Å². The van der Waals surface area contributed by atoms with Crippen molar-refractivity contribution in [1.82, 2.24) is 15.4 Å². The highest BCUT2D eigenvalue weighted by atomic mass is 35.5. The van der Waals surface area contributed by atoms with E-state index >= 15 is 0 Å². The summed E-state index contributed by atoms with van der Waals surface area (Å²) in [4.78, 5) is 2.49. The summed E-state index contributed by atoms with van der Waals surface area (Å²) in [6.07, 6.45) is 2.66. The van der Waals surface area contributed by atoms with Gasteiger partial charge in [-0.2, -0.15) is 0 Å². The fourth-order valence-corrected chi connectivity index (χ4v) is 3.02. The Morgan fingerprint density at radius 3 is 3.06 bits per heavy atom. The van der Waals surface area contributed by atoms with E-state index in [9.17, 15) is 0 Å². The van der Waals surface area contributed by atoms with Gasteiger partial charge in [0.2, 0.25) is 0 Å². The van der Waals surface area contributed by atoms with Crippen LogP contribution in [0.1, 0.15) is 24.3 Å². The van der Waals surface area contributed by atoms with Crippen LogP contribution in [-0.4, -0.2) is 36.2 Å². The van der Waals surface area contributed by atoms with Crippen molar-refractivity contribution in [2.24, 2.45) is 5.41 Å². The zero-order valence-electron chi connectivity index (χ0n) is 10.2. The second-order valence-electron chi connectivity index (χ2n) is 5.32. The summed E-state index contributed by atoms with van der Waals surface area (Å²) >= 11 is 0. The average molecular weight is 258 g/mol. The molecule has 3 heterocycles. The number of nitrogens with one attached hydrogen (secondary N) is 1. The number of halogens is 1. The van der Waals surface area contributed by atoms with Crippen LogP contribution in [0.5, 0.6) is 0 Å². The molecule has 1 aromatic heterocycles. The molecule has 1 unspecified atom stereocenters. The van der Waals surface area contributed by atoms with Crippen molar-refractivity contribution in [1.29, 1.82) is 0 Å². The van der Waals surface area contributed by atoms with Gasteiger partial charge in [0.1, 0.15) is 0 Å². The van der Waals surface area contributed by atoms with E-state index in [0.717, 1.165) is 18.0 Å². The molecule has 0 aliphatic carbocycles. The molecule has 1 aromatic rings. The van der Waals surface area contributed by atoms with Gasteiger partial charge in [0.25, 0.3) is 0 Å². The molecule has 2 aliphatic heterocycles. The fourth-order valence-electron chi connectivity index (χ4n) is 3.02. The van der Waals surface area contributed by atoms with Crippen LogP contribution in [0, 0.1) is 12.3 Å². The molecule has 0 amide bonds. The first-order chi connectivity index (χ1) is 7.76. The highest BCUT2D eigenvalue weighted by Gasteiger charge is 2.40. The highest BCUT2D eigenvalue weighted by molar-refractivity contribution is 5.85. The van der Waals surface area contributed by atoms with Crippen molar-refractivity contribution >= 4 is 12.4 Å². The lowest BCUT2D eigenvalue weighted by atomic mass is 9.87. The molecule has 5 heteroatoms. The molecule has 2 fully saturated rings. The van der Waals surface area contributed by atoms with Crippen molar-refractivity contribution in [3.05, 3.63) is 17.5 Å². The number of nitrogens with zero attached hydrogens (tertiary/aromatic N) is 2. The van der Waals surface area contributed by atoms with E-state index in [1.165, 1.54) is 39.0 Å². The largest absolute Gasteiger partial charge is 0.360 e. The van der Waals surface area contributed by atoms with Gasteiger partial charge in [0.15, 0.2) is 5.76 Å². The second kappa shape index (κ2) is 4.96. The van der Waals surface area contributed by atoms with E-state index in [1.54, 1.807) is 0 Å². The Labute approximate surface area is 108 Å². The Morgan fingerprint density at radius 1 is 1.53 bits per heavy atom. The van der Waals surface area contributed by atoms with Gasteiger partial charge in [0.05, 0.1) is 12.2 Å². The SMILES string of the molecule is Cc1cc(CN2CCC3(CCNC3)C2)on1.Cl. The summed E-state index contributed by atoms with van der Waals surface area (Å²) in [5.41, 5.74) is 1.53. The van der Waals surface area contributed by atoms with Gasteiger partial charge in [-0.3, -0.25) is 4.90 Å². The molecule has 4 nitrogen and oxygen atoms in total. The van der Waals surface area contributed by atoms with E-state index in [4.69, 9.17) is 4.52 Å². The average Bonchev–Trinajstić information content (AvgIpc) is 2.94. The van der Waals surface area contributed by atoms with Crippen molar-refractivity contribution < 1.29 is 4.52 Å². The highest BCUT2D eigenvalue weighted by Crippen LogP contribution is 2.36. The molecule has 1 spiro atoms. The van der Waals surface area contributed by atoms with Crippen LogP contribution in [-0.2, 0) is 6.54 Å². The summed E-state index contributed by atoms with van der Waals surface area (Å²) in [6, 6.07) is 2.04.